The number of anilines is 1. The van der Waals surface area contributed by atoms with E-state index in [9.17, 15) is 12.8 Å². The summed E-state index contributed by atoms with van der Waals surface area (Å²) in [6.45, 7) is 3.65. The lowest BCUT2D eigenvalue weighted by Gasteiger charge is -2.35. The summed E-state index contributed by atoms with van der Waals surface area (Å²) in [6.07, 6.45) is 0. The Labute approximate surface area is 168 Å². The molecule has 3 aromatic rings. The molecule has 146 valence electrons. The lowest BCUT2D eigenvalue weighted by Crippen LogP contribution is -2.48. The zero-order chi connectivity index (χ0) is 19.7. The van der Waals surface area contributed by atoms with Crippen LogP contribution in [0, 0.1) is 12.7 Å². The van der Waals surface area contributed by atoms with Crippen molar-refractivity contribution in [2.75, 3.05) is 31.1 Å². The van der Waals surface area contributed by atoms with Crippen LogP contribution < -0.4 is 4.90 Å². The second-order valence-corrected chi connectivity index (χ2v) is 9.66. The van der Waals surface area contributed by atoms with Crippen molar-refractivity contribution in [1.29, 1.82) is 0 Å². The van der Waals surface area contributed by atoms with Crippen LogP contribution in [0.5, 0.6) is 0 Å². The monoisotopic (exact) mass is 417 g/mol. The van der Waals surface area contributed by atoms with Crippen LogP contribution in [0.4, 0.5) is 10.1 Å². The maximum atomic E-state index is 13.3. The lowest BCUT2D eigenvalue weighted by molar-refractivity contribution is 0.383. The first kappa shape index (κ1) is 19.0. The van der Waals surface area contributed by atoms with E-state index in [-0.39, 0.29) is 10.8 Å². The van der Waals surface area contributed by atoms with Crippen molar-refractivity contribution in [3.05, 3.63) is 65.4 Å². The van der Waals surface area contributed by atoms with Gasteiger partial charge in [-0.2, -0.15) is 4.31 Å². The Balaban J connectivity index is 1.57. The van der Waals surface area contributed by atoms with Crippen LogP contribution in [0.1, 0.15) is 5.01 Å². The SMILES string of the molecule is Cc1nc(S(=O)(=O)N2CCN(c3ccc(F)cc3)CC2)c(-c2ccccc2)s1. The van der Waals surface area contributed by atoms with Crippen molar-refractivity contribution in [3.8, 4) is 10.4 Å². The number of halogens is 1. The molecule has 1 aliphatic rings. The molecule has 0 N–H and O–H groups in total. The Morgan fingerprint density at radius 1 is 0.964 bits per heavy atom. The summed E-state index contributed by atoms with van der Waals surface area (Å²) in [6, 6.07) is 15.8. The molecule has 28 heavy (non-hydrogen) atoms. The van der Waals surface area contributed by atoms with E-state index < -0.39 is 10.0 Å². The number of thiazole rings is 1. The highest BCUT2D eigenvalue weighted by Gasteiger charge is 2.33. The van der Waals surface area contributed by atoms with Crippen molar-refractivity contribution < 1.29 is 12.8 Å². The molecule has 2 heterocycles. The fraction of sp³-hybridized carbons (Fsp3) is 0.250. The summed E-state index contributed by atoms with van der Waals surface area (Å²) in [5.74, 6) is -0.280. The fourth-order valence-corrected chi connectivity index (χ4v) is 6.13. The highest BCUT2D eigenvalue weighted by atomic mass is 32.2. The Hall–Kier alpha value is -2.29. The Kier molecular flexibility index (Phi) is 5.18. The number of nitrogens with zero attached hydrogens (tertiary/aromatic N) is 3. The largest absolute Gasteiger partial charge is 0.369 e. The van der Waals surface area contributed by atoms with Gasteiger partial charge in [-0.3, -0.25) is 0 Å². The quantitative estimate of drug-likeness (QED) is 0.649. The van der Waals surface area contributed by atoms with Gasteiger partial charge < -0.3 is 4.90 Å². The molecule has 5 nitrogen and oxygen atoms in total. The number of aryl methyl sites for hydroxylation is 1. The first-order valence-electron chi connectivity index (χ1n) is 8.99. The van der Waals surface area contributed by atoms with Crippen molar-refractivity contribution in [2.24, 2.45) is 0 Å². The Morgan fingerprint density at radius 3 is 2.25 bits per heavy atom. The molecule has 8 heteroatoms. The number of sulfonamides is 1. The van der Waals surface area contributed by atoms with E-state index in [0.29, 0.717) is 31.1 Å². The van der Waals surface area contributed by atoms with Gasteiger partial charge in [0.05, 0.1) is 9.88 Å². The minimum absolute atomic E-state index is 0.136. The standard InChI is InChI=1S/C20H20FN3O2S2/c1-15-22-20(19(27-15)16-5-3-2-4-6-16)28(25,26)24-13-11-23(12-14-24)18-9-7-17(21)8-10-18/h2-10H,11-14H2,1H3. The maximum absolute atomic E-state index is 13.3. The van der Waals surface area contributed by atoms with E-state index in [1.165, 1.54) is 27.8 Å². The van der Waals surface area contributed by atoms with E-state index in [4.69, 9.17) is 0 Å². The normalized spacial score (nSPS) is 15.7. The van der Waals surface area contributed by atoms with Gasteiger partial charge in [0.25, 0.3) is 10.0 Å². The van der Waals surface area contributed by atoms with Crippen LogP contribution in [0.2, 0.25) is 0 Å². The molecule has 0 aliphatic carbocycles. The van der Waals surface area contributed by atoms with E-state index in [1.807, 2.05) is 37.3 Å². The molecule has 1 aromatic heterocycles. The first-order valence-corrected chi connectivity index (χ1v) is 11.2. The number of aromatic nitrogens is 1. The third kappa shape index (κ3) is 3.67. The fourth-order valence-electron chi connectivity index (χ4n) is 3.32. The van der Waals surface area contributed by atoms with Crippen molar-refractivity contribution in [2.45, 2.75) is 11.9 Å². The van der Waals surface area contributed by atoms with Crippen LogP contribution in [0.15, 0.2) is 59.6 Å². The highest BCUT2D eigenvalue weighted by Crippen LogP contribution is 2.34. The van der Waals surface area contributed by atoms with Crippen molar-refractivity contribution in [1.82, 2.24) is 9.29 Å². The lowest BCUT2D eigenvalue weighted by atomic mass is 10.2. The van der Waals surface area contributed by atoms with E-state index in [2.05, 4.69) is 9.88 Å². The molecular weight excluding hydrogens is 397 g/mol. The summed E-state index contributed by atoms with van der Waals surface area (Å²) in [4.78, 5) is 7.10. The third-order valence-electron chi connectivity index (χ3n) is 4.75. The van der Waals surface area contributed by atoms with Gasteiger partial charge in [0.15, 0.2) is 5.03 Å². The second kappa shape index (κ2) is 7.62. The Bertz CT molecular complexity index is 1060. The molecule has 0 atom stereocenters. The predicted octanol–water partition coefficient (Wildman–Crippen LogP) is 3.77. The van der Waals surface area contributed by atoms with Gasteiger partial charge in [-0.15, -0.1) is 11.3 Å². The van der Waals surface area contributed by atoms with Crippen LogP contribution in [0.3, 0.4) is 0 Å². The zero-order valence-corrected chi connectivity index (χ0v) is 17.0. The third-order valence-corrected chi connectivity index (χ3v) is 7.73. The van der Waals surface area contributed by atoms with Crippen molar-refractivity contribution >= 4 is 27.0 Å². The molecule has 1 saturated heterocycles. The second-order valence-electron chi connectivity index (χ2n) is 6.60. The van der Waals surface area contributed by atoms with E-state index in [0.717, 1.165) is 16.3 Å². The molecule has 0 bridgehead atoms. The zero-order valence-electron chi connectivity index (χ0n) is 15.4. The number of hydrogen-bond donors (Lipinski definition) is 0. The average Bonchev–Trinajstić information content (AvgIpc) is 3.12. The summed E-state index contributed by atoms with van der Waals surface area (Å²) in [5, 5.41) is 0.860. The summed E-state index contributed by atoms with van der Waals surface area (Å²) in [5.41, 5.74) is 1.75. The minimum atomic E-state index is -3.69. The molecule has 1 fully saturated rings. The molecule has 0 amide bonds. The molecule has 0 unspecified atom stereocenters. The summed E-state index contributed by atoms with van der Waals surface area (Å²) >= 11 is 1.39. The first-order chi connectivity index (χ1) is 13.4. The Morgan fingerprint density at radius 2 is 1.61 bits per heavy atom. The van der Waals surface area contributed by atoms with E-state index in [1.54, 1.807) is 12.1 Å². The van der Waals surface area contributed by atoms with Crippen LogP contribution >= 0.6 is 11.3 Å². The molecule has 0 radical (unpaired) electrons. The maximum Gasteiger partial charge on any atom is 0.262 e. The topological polar surface area (TPSA) is 53.5 Å². The van der Waals surface area contributed by atoms with Gasteiger partial charge in [0.1, 0.15) is 5.82 Å². The van der Waals surface area contributed by atoms with Gasteiger partial charge in [0.2, 0.25) is 0 Å². The van der Waals surface area contributed by atoms with Gasteiger partial charge >= 0.3 is 0 Å². The number of benzene rings is 2. The van der Waals surface area contributed by atoms with Gasteiger partial charge in [-0.1, -0.05) is 30.3 Å². The van der Waals surface area contributed by atoms with Crippen molar-refractivity contribution in [3.63, 3.8) is 0 Å². The summed E-state index contributed by atoms with van der Waals surface area (Å²) < 4.78 is 41.2. The van der Waals surface area contributed by atoms with Crippen LogP contribution in [0.25, 0.3) is 10.4 Å². The molecule has 0 spiro atoms. The molecular formula is C20H20FN3O2S2. The van der Waals surface area contributed by atoms with Crippen LogP contribution in [-0.2, 0) is 10.0 Å². The predicted molar refractivity (Wildman–Crippen MR) is 110 cm³/mol. The van der Waals surface area contributed by atoms with Gasteiger partial charge in [0, 0.05) is 31.9 Å². The molecule has 1 aliphatic heterocycles. The number of piperazine rings is 1. The minimum Gasteiger partial charge on any atom is -0.369 e. The average molecular weight is 418 g/mol. The van der Waals surface area contributed by atoms with E-state index >= 15 is 0 Å². The molecule has 4 rings (SSSR count). The van der Waals surface area contributed by atoms with Gasteiger partial charge in [-0.05, 0) is 36.8 Å². The van der Waals surface area contributed by atoms with Crippen LogP contribution in [-0.4, -0.2) is 43.9 Å². The number of rotatable bonds is 4. The number of hydrogen-bond acceptors (Lipinski definition) is 5. The molecule has 0 saturated carbocycles. The molecule has 2 aromatic carbocycles. The van der Waals surface area contributed by atoms with Gasteiger partial charge in [-0.25, -0.2) is 17.8 Å². The smallest absolute Gasteiger partial charge is 0.262 e. The highest BCUT2D eigenvalue weighted by molar-refractivity contribution is 7.89. The summed E-state index contributed by atoms with van der Waals surface area (Å²) in [7, 11) is -3.69.